The van der Waals surface area contributed by atoms with Gasteiger partial charge < -0.3 is 10.1 Å². The van der Waals surface area contributed by atoms with Gasteiger partial charge in [-0.3, -0.25) is 0 Å². The normalized spacial score (nSPS) is 11.5. The quantitative estimate of drug-likeness (QED) is 0.400. The van der Waals surface area contributed by atoms with Gasteiger partial charge in [-0.15, -0.1) is 0 Å². The number of aromatic nitrogens is 1. The first-order valence-electron chi connectivity index (χ1n) is 8.03. The van der Waals surface area contributed by atoms with Crippen LogP contribution in [0.4, 0.5) is 0 Å². The summed E-state index contributed by atoms with van der Waals surface area (Å²) in [5.74, 6) is 0.305. The zero-order valence-corrected chi connectivity index (χ0v) is 13.0. The number of rotatable bonds is 1. The minimum absolute atomic E-state index is 0.305. The van der Waals surface area contributed by atoms with Crippen molar-refractivity contribution in [3.8, 4) is 16.9 Å². The van der Waals surface area contributed by atoms with Gasteiger partial charge in [-0.05, 0) is 29.1 Å². The fraction of sp³-hybridized carbons (Fsp3) is 0. The molecule has 114 valence electrons. The van der Waals surface area contributed by atoms with Crippen LogP contribution in [0.5, 0.6) is 5.75 Å². The van der Waals surface area contributed by atoms with Crippen LogP contribution in [0.2, 0.25) is 0 Å². The monoisotopic (exact) mass is 309 g/mol. The van der Waals surface area contributed by atoms with Gasteiger partial charge in [0.05, 0.1) is 5.52 Å². The average molecular weight is 309 g/mol. The number of phenolic OH excluding ortho intramolecular Hbond substituents is 1. The molecular formula is C22H15NO. The number of H-pyrrole nitrogens is 1. The van der Waals surface area contributed by atoms with Crippen molar-refractivity contribution in [2.45, 2.75) is 0 Å². The molecule has 0 aliphatic rings. The molecule has 0 saturated carbocycles. The first-order chi connectivity index (χ1) is 11.8. The van der Waals surface area contributed by atoms with Crippen molar-refractivity contribution in [1.82, 2.24) is 4.98 Å². The molecule has 0 fully saturated rings. The maximum absolute atomic E-state index is 10.4. The Morgan fingerprint density at radius 3 is 2.25 bits per heavy atom. The lowest BCUT2D eigenvalue weighted by Crippen LogP contribution is -1.83. The van der Waals surface area contributed by atoms with E-state index in [0.717, 1.165) is 32.9 Å². The number of para-hydroxylation sites is 2. The molecule has 0 spiro atoms. The number of phenols is 1. The Labute approximate surface area is 139 Å². The Kier molecular flexibility index (Phi) is 2.68. The summed E-state index contributed by atoms with van der Waals surface area (Å²) in [6, 6.07) is 26.4. The third kappa shape index (κ3) is 1.77. The highest BCUT2D eigenvalue weighted by atomic mass is 16.3. The first kappa shape index (κ1) is 13.2. The van der Waals surface area contributed by atoms with E-state index in [9.17, 15) is 5.11 Å². The third-order valence-electron chi connectivity index (χ3n) is 4.70. The molecule has 24 heavy (non-hydrogen) atoms. The minimum atomic E-state index is 0.305. The summed E-state index contributed by atoms with van der Waals surface area (Å²) in [4.78, 5) is 3.57. The zero-order chi connectivity index (χ0) is 16.1. The summed E-state index contributed by atoms with van der Waals surface area (Å²) < 4.78 is 0. The molecule has 0 radical (unpaired) electrons. The topological polar surface area (TPSA) is 36.0 Å². The predicted molar refractivity (Wildman–Crippen MR) is 100 cm³/mol. The lowest BCUT2D eigenvalue weighted by Gasteiger charge is -2.10. The number of hydrogen-bond donors (Lipinski definition) is 2. The van der Waals surface area contributed by atoms with E-state index in [0.29, 0.717) is 5.75 Å². The molecule has 0 aliphatic heterocycles. The Bertz CT molecular complexity index is 1220. The first-order valence-corrected chi connectivity index (χ1v) is 8.03. The van der Waals surface area contributed by atoms with Crippen LogP contribution in [0, 0.1) is 0 Å². The third-order valence-corrected chi connectivity index (χ3v) is 4.70. The average Bonchev–Trinajstić information content (AvgIpc) is 3.01. The van der Waals surface area contributed by atoms with Gasteiger partial charge in [0.15, 0.2) is 0 Å². The summed E-state index contributed by atoms with van der Waals surface area (Å²) in [5, 5.41) is 15.1. The van der Waals surface area contributed by atoms with E-state index in [2.05, 4.69) is 47.4 Å². The van der Waals surface area contributed by atoms with Crippen molar-refractivity contribution in [3.63, 3.8) is 0 Å². The Morgan fingerprint density at radius 1 is 0.667 bits per heavy atom. The SMILES string of the molecule is Oc1ccccc1-c1cc2ccccc2c2[nH]c3ccccc3c12. The van der Waals surface area contributed by atoms with E-state index in [1.165, 1.54) is 10.8 Å². The number of hydrogen-bond acceptors (Lipinski definition) is 1. The van der Waals surface area contributed by atoms with Crippen molar-refractivity contribution in [2.24, 2.45) is 0 Å². The Morgan fingerprint density at radius 2 is 1.38 bits per heavy atom. The van der Waals surface area contributed by atoms with Crippen molar-refractivity contribution < 1.29 is 5.11 Å². The highest BCUT2D eigenvalue weighted by Gasteiger charge is 2.15. The largest absolute Gasteiger partial charge is 0.507 e. The van der Waals surface area contributed by atoms with E-state index < -0.39 is 0 Å². The summed E-state index contributed by atoms with van der Waals surface area (Å²) in [7, 11) is 0. The smallest absolute Gasteiger partial charge is 0.123 e. The van der Waals surface area contributed by atoms with Crippen LogP contribution < -0.4 is 0 Å². The van der Waals surface area contributed by atoms with E-state index in [-0.39, 0.29) is 0 Å². The minimum Gasteiger partial charge on any atom is -0.507 e. The lowest BCUT2D eigenvalue weighted by molar-refractivity contribution is 0.477. The molecule has 4 aromatic carbocycles. The molecule has 0 saturated heterocycles. The van der Waals surface area contributed by atoms with Crippen molar-refractivity contribution in [3.05, 3.63) is 78.9 Å². The van der Waals surface area contributed by atoms with Crippen LogP contribution in [0.1, 0.15) is 0 Å². The van der Waals surface area contributed by atoms with Crippen molar-refractivity contribution in [2.75, 3.05) is 0 Å². The highest BCUT2D eigenvalue weighted by molar-refractivity contribution is 6.23. The molecule has 0 aliphatic carbocycles. The molecule has 0 bridgehead atoms. The van der Waals surface area contributed by atoms with E-state index >= 15 is 0 Å². The van der Waals surface area contributed by atoms with Crippen LogP contribution in [-0.4, -0.2) is 10.1 Å². The molecule has 1 heterocycles. The zero-order valence-electron chi connectivity index (χ0n) is 13.0. The van der Waals surface area contributed by atoms with Crippen LogP contribution in [0.3, 0.4) is 0 Å². The van der Waals surface area contributed by atoms with Gasteiger partial charge in [-0.25, -0.2) is 0 Å². The van der Waals surface area contributed by atoms with Crippen LogP contribution in [-0.2, 0) is 0 Å². The van der Waals surface area contributed by atoms with Gasteiger partial charge in [-0.2, -0.15) is 0 Å². The second-order valence-corrected chi connectivity index (χ2v) is 6.08. The molecule has 0 amide bonds. The molecular weight excluding hydrogens is 294 g/mol. The van der Waals surface area contributed by atoms with Gasteiger partial charge in [0.2, 0.25) is 0 Å². The summed E-state index contributed by atoms with van der Waals surface area (Å²) in [6.45, 7) is 0. The number of aromatic hydroxyl groups is 1. The molecule has 2 nitrogen and oxygen atoms in total. The van der Waals surface area contributed by atoms with E-state index in [1.54, 1.807) is 6.07 Å². The summed E-state index contributed by atoms with van der Waals surface area (Å²) >= 11 is 0. The standard InChI is InChI=1S/C22H15NO/c24-20-12-6-4-9-16(20)18-13-14-7-1-2-8-15(14)22-21(18)17-10-3-5-11-19(17)23-22/h1-13,23-24H. The number of nitrogens with one attached hydrogen (secondary N) is 1. The second-order valence-electron chi connectivity index (χ2n) is 6.08. The maximum atomic E-state index is 10.4. The molecule has 1 aromatic heterocycles. The van der Waals surface area contributed by atoms with Gasteiger partial charge >= 0.3 is 0 Å². The van der Waals surface area contributed by atoms with Gasteiger partial charge in [0, 0.05) is 27.2 Å². The van der Waals surface area contributed by atoms with Crippen molar-refractivity contribution in [1.29, 1.82) is 0 Å². The van der Waals surface area contributed by atoms with Crippen LogP contribution >= 0.6 is 0 Å². The number of aromatic amines is 1. The summed E-state index contributed by atoms with van der Waals surface area (Å²) in [5.41, 5.74) is 4.14. The molecule has 5 aromatic rings. The van der Waals surface area contributed by atoms with Crippen LogP contribution in [0.25, 0.3) is 43.7 Å². The highest BCUT2D eigenvalue weighted by Crippen LogP contribution is 2.41. The molecule has 0 unspecified atom stereocenters. The Hall–Kier alpha value is -3.26. The lowest BCUT2D eigenvalue weighted by atomic mass is 9.95. The fourth-order valence-electron chi connectivity index (χ4n) is 3.62. The van der Waals surface area contributed by atoms with Crippen molar-refractivity contribution >= 4 is 32.6 Å². The molecule has 2 heteroatoms. The number of fused-ring (bicyclic) bond motifs is 5. The number of benzene rings is 4. The molecule has 0 atom stereocenters. The molecule has 5 rings (SSSR count). The van der Waals surface area contributed by atoms with Gasteiger partial charge in [0.25, 0.3) is 0 Å². The maximum Gasteiger partial charge on any atom is 0.123 e. The van der Waals surface area contributed by atoms with Gasteiger partial charge in [-0.1, -0.05) is 60.7 Å². The van der Waals surface area contributed by atoms with Crippen LogP contribution in [0.15, 0.2) is 78.9 Å². The van der Waals surface area contributed by atoms with E-state index in [1.807, 2.05) is 30.3 Å². The van der Waals surface area contributed by atoms with Gasteiger partial charge in [0.1, 0.15) is 5.75 Å². The second kappa shape index (κ2) is 4.87. The fourth-order valence-corrected chi connectivity index (χ4v) is 3.62. The summed E-state index contributed by atoms with van der Waals surface area (Å²) in [6.07, 6.45) is 0. The molecule has 2 N–H and O–H groups in total. The Balaban J connectivity index is 2.06. The van der Waals surface area contributed by atoms with E-state index in [4.69, 9.17) is 0 Å². The predicted octanol–water partition coefficient (Wildman–Crippen LogP) is 5.85.